The van der Waals surface area contributed by atoms with E-state index in [1.54, 1.807) is 23.1 Å². The third-order valence-corrected chi connectivity index (χ3v) is 3.36. The monoisotopic (exact) mass is 278 g/mol. The van der Waals surface area contributed by atoms with Gasteiger partial charge in [-0.25, -0.2) is 0 Å². The molecule has 0 saturated carbocycles. The highest BCUT2D eigenvalue weighted by Gasteiger charge is 2.17. The van der Waals surface area contributed by atoms with Crippen LogP contribution in [-0.2, 0) is 4.79 Å². The Morgan fingerprint density at radius 1 is 1.37 bits per heavy atom. The number of amides is 1. The topological polar surface area (TPSA) is 53.3 Å². The standard InChI is InChI=1S/C14H15ClN2O2/c15-12-5-4-11(9-16)13(8-12)19-10-14(18)17-6-2-1-3-7-17/h4-5,8H,1-3,6-7,10H2. The number of nitriles is 1. The first-order valence-electron chi connectivity index (χ1n) is 6.31. The number of piperidine rings is 1. The van der Waals surface area contributed by atoms with Crippen LogP contribution < -0.4 is 4.74 Å². The zero-order chi connectivity index (χ0) is 13.7. The van der Waals surface area contributed by atoms with Gasteiger partial charge in [0.1, 0.15) is 11.8 Å². The number of carbonyl (C=O) groups is 1. The van der Waals surface area contributed by atoms with Crippen LogP contribution in [0.15, 0.2) is 18.2 Å². The van der Waals surface area contributed by atoms with Crippen molar-refractivity contribution in [3.8, 4) is 11.8 Å². The van der Waals surface area contributed by atoms with Gasteiger partial charge in [-0.1, -0.05) is 11.6 Å². The van der Waals surface area contributed by atoms with Gasteiger partial charge in [0.2, 0.25) is 0 Å². The maximum Gasteiger partial charge on any atom is 0.260 e. The molecule has 0 atom stereocenters. The minimum absolute atomic E-state index is 0.0384. The second-order valence-electron chi connectivity index (χ2n) is 4.48. The van der Waals surface area contributed by atoms with Gasteiger partial charge < -0.3 is 9.64 Å². The zero-order valence-corrected chi connectivity index (χ0v) is 11.3. The first-order chi connectivity index (χ1) is 9.20. The Balaban J connectivity index is 1.96. The second-order valence-corrected chi connectivity index (χ2v) is 4.92. The highest BCUT2D eigenvalue weighted by Crippen LogP contribution is 2.22. The van der Waals surface area contributed by atoms with E-state index in [0.29, 0.717) is 16.3 Å². The van der Waals surface area contributed by atoms with Gasteiger partial charge in [0, 0.05) is 24.2 Å². The van der Waals surface area contributed by atoms with E-state index in [1.165, 1.54) is 6.42 Å². The van der Waals surface area contributed by atoms with Crippen molar-refractivity contribution in [3.05, 3.63) is 28.8 Å². The van der Waals surface area contributed by atoms with Crippen molar-refractivity contribution < 1.29 is 9.53 Å². The summed E-state index contributed by atoms with van der Waals surface area (Å²) in [5, 5.41) is 9.44. The lowest BCUT2D eigenvalue weighted by Gasteiger charge is -2.26. The molecule has 0 spiro atoms. The molecule has 1 fully saturated rings. The molecule has 1 aliphatic rings. The van der Waals surface area contributed by atoms with Crippen LogP contribution >= 0.6 is 11.6 Å². The molecule has 0 aromatic heterocycles. The molecule has 0 radical (unpaired) electrons. The number of nitrogens with zero attached hydrogens (tertiary/aromatic N) is 2. The minimum Gasteiger partial charge on any atom is -0.482 e. The molecule has 1 aromatic carbocycles. The lowest BCUT2D eigenvalue weighted by Crippen LogP contribution is -2.38. The van der Waals surface area contributed by atoms with Crippen molar-refractivity contribution >= 4 is 17.5 Å². The SMILES string of the molecule is N#Cc1ccc(Cl)cc1OCC(=O)N1CCCCC1. The van der Waals surface area contributed by atoms with E-state index in [-0.39, 0.29) is 12.5 Å². The molecular formula is C14H15ClN2O2. The smallest absolute Gasteiger partial charge is 0.260 e. The third-order valence-electron chi connectivity index (χ3n) is 3.12. The lowest BCUT2D eigenvalue weighted by molar-refractivity contribution is -0.134. The average Bonchev–Trinajstić information content (AvgIpc) is 2.46. The van der Waals surface area contributed by atoms with Crippen LogP contribution in [0.25, 0.3) is 0 Å². The first kappa shape index (κ1) is 13.7. The zero-order valence-electron chi connectivity index (χ0n) is 10.6. The van der Waals surface area contributed by atoms with Gasteiger partial charge in [-0.2, -0.15) is 5.26 Å². The molecule has 1 aliphatic heterocycles. The number of carbonyl (C=O) groups excluding carboxylic acids is 1. The summed E-state index contributed by atoms with van der Waals surface area (Å²) >= 11 is 5.85. The normalized spacial score (nSPS) is 14.8. The van der Waals surface area contributed by atoms with Gasteiger partial charge in [0.15, 0.2) is 6.61 Å². The molecule has 1 amide bonds. The third kappa shape index (κ3) is 3.62. The van der Waals surface area contributed by atoms with Crippen LogP contribution in [0.2, 0.25) is 5.02 Å². The quantitative estimate of drug-likeness (QED) is 0.854. The number of likely N-dealkylation sites (tertiary alicyclic amines) is 1. The van der Waals surface area contributed by atoms with E-state index in [4.69, 9.17) is 21.6 Å². The highest BCUT2D eigenvalue weighted by molar-refractivity contribution is 6.30. The summed E-state index contributed by atoms with van der Waals surface area (Å²) in [6.07, 6.45) is 3.27. The van der Waals surface area contributed by atoms with Crippen LogP contribution in [0.1, 0.15) is 24.8 Å². The summed E-state index contributed by atoms with van der Waals surface area (Å²) in [5.41, 5.74) is 0.385. The van der Waals surface area contributed by atoms with E-state index in [2.05, 4.69) is 0 Å². The Morgan fingerprint density at radius 3 is 2.79 bits per heavy atom. The molecule has 0 bridgehead atoms. The molecule has 2 rings (SSSR count). The predicted molar refractivity (Wildman–Crippen MR) is 72.1 cm³/mol. The van der Waals surface area contributed by atoms with Crippen molar-refractivity contribution in [1.82, 2.24) is 4.90 Å². The minimum atomic E-state index is -0.0466. The van der Waals surface area contributed by atoms with Crippen molar-refractivity contribution in [2.24, 2.45) is 0 Å². The average molecular weight is 279 g/mol. The van der Waals surface area contributed by atoms with E-state index < -0.39 is 0 Å². The Kier molecular flexibility index (Phi) is 4.64. The van der Waals surface area contributed by atoms with Crippen molar-refractivity contribution in [3.63, 3.8) is 0 Å². The van der Waals surface area contributed by atoms with E-state index in [9.17, 15) is 4.79 Å². The maximum absolute atomic E-state index is 11.9. The van der Waals surface area contributed by atoms with Crippen LogP contribution in [0, 0.1) is 11.3 Å². The molecule has 1 heterocycles. The van der Waals surface area contributed by atoms with Crippen molar-refractivity contribution in [2.45, 2.75) is 19.3 Å². The number of hydrogen-bond acceptors (Lipinski definition) is 3. The Morgan fingerprint density at radius 2 is 2.11 bits per heavy atom. The molecule has 19 heavy (non-hydrogen) atoms. The largest absolute Gasteiger partial charge is 0.482 e. The molecule has 1 aromatic rings. The Hall–Kier alpha value is -1.73. The fourth-order valence-electron chi connectivity index (χ4n) is 2.08. The van der Waals surface area contributed by atoms with Gasteiger partial charge in [0.25, 0.3) is 5.91 Å². The predicted octanol–water partition coefficient (Wildman–Crippen LogP) is 2.60. The number of benzene rings is 1. The van der Waals surface area contributed by atoms with Crippen LogP contribution in [-0.4, -0.2) is 30.5 Å². The van der Waals surface area contributed by atoms with Crippen LogP contribution in [0.5, 0.6) is 5.75 Å². The Bertz CT molecular complexity index is 505. The molecule has 100 valence electrons. The van der Waals surface area contributed by atoms with E-state index >= 15 is 0 Å². The summed E-state index contributed by atoms with van der Waals surface area (Å²) in [7, 11) is 0. The second kappa shape index (κ2) is 6.44. The molecule has 5 heteroatoms. The molecule has 0 aliphatic carbocycles. The summed E-state index contributed by atoms with van der Waals surface area (Å²) in [4.78, 5) is 13.7. The van der Waals surface area contributed by atoms with E-state index in [1.807, 2.05) is 6.07 Å². The van der Waals surface area contributed by atoms with Crippen LogP contribution in [0.3, 0.4) is 0 Å². The fourth-order valence-corrected chi connectivity index (χ4v) is 2.24. The van der Waals surface area contributed by atoms with E-state index in [0.717, 1.165) is 25.9 Å². The van der Waals surface area contributed by atoms with Gasteiger partial charge >= 0.3 is 0 Å². The molecule has 1 saturated heterocycles. The molecule has 0 unspecified atom stereocenters. The van der Waals surface area contributed by atoms with Crippen molar-refractivity contribution in [1.29, 1.82) is 5.26 Å². The summed E-state index contributed by atoms with van der Waals surface area (Å²) in [5.74, 6) is 0.323. The first-order valence-corrected chi connectivity index (χ1v) is 6.69. The van der Waals surface area contributed by atoms with Gasteiger partial charge in [-0.3, -0.25) is 4.79 Å². The van der Waals surface area contributed by atoms with Crippen molar-refractivity contribution in [2.75, 3.05) is 19.7 Å². The van der Waals surface area contributed by atoms with Gasteiger partial charge in [0.05, 0.1) is 5.56 Å². The maximum atomic E-state index is 11.9. The summed E-state index contributed by atoms with van der Waals surface area (Å²) in [6, 6.07) is 6.79. The molecule has 4 nitrogen and oxygen atoms in total. The number of rotatable bonds is 3. The lowest BCUT2D eigenvalue weighted by atomic mass is 10.1. The van der Waals surface area contributed by atoms with Gasteiger partial charge in [-0.15, -0.1) is 0 Å². The van der Waals surface area contributed by atoms with Gasteiger partial charge in [-0.05, 0) is 31.4 Å². The summed E-state index contributed by atoms with van der Waals surface area (Å²) in [6.45, 7) is 1.54. The molecule has 0 N–H and O–H groups in total. The number of halogens is 1. The number of ether oxygens (including phenoxy) is 1. The van der Waals surface area contributed by atoms with Crippen LogP contribution in [0.4, 0.5) is 0 Å². The molecular weight excluding hydrogens is 264 g/mol. The number of hydrogen-bond donors (Lipinski definition) is 0. The fraction of sp³-hybridized carbons (Fsp3) is 0.429. The Labute approximate surface area is 117 Å². The highest BCUT2D eigenvalue weighted by atomic mass is 35.5. The summed E-state index contributed by atoms with van der Waals surface area (Å²) < 4.78 is 5.43.